The second-order valence-corrected chi connectivity index (χ2v) is 4.78. The third-order valence-electron chi connectivity index (χ3n) is 3.27. The Morgan fingerprint density at radius 1 is 1.35 bits per heavy atom. The second kappa shape index (κ2) is 5.32. The molecular formula is C14H16N4O2. The fraction of sp³-hybridized carbons (Fsp3) is 0.357. The summed E-state index contributed by atoms with van der Waals surface area (Å²) < 4.78 is 5.03. The van der Waals surface area contributed by atoms with E-state index in [9.17, 15) is 4.79 Å². The Balaban J connectivity index is 1.62. The van der Waals surface area contributed by atoms with Crippen LogP contribution >= 0.6 is 0 Å². The van der Waals surface area contributed by atoms with Crippen molar-refractivity contribution in [2.45, 2.75) is 26.3 Å². The lowest BCUT2D eigenvalue weighted by Gasteiger charge is -2.16. The number of hydrogen-bond donors (Lipinski definition) is 1. The van der Waals surface area contributed by atoms with Gasteiger partial charge < -0.3 is 14.7 Å². The Hall–Kier alpha value is -2.37. The maximum atomic E-state index is 11.7. The summed E-state index contributed by atoms with van der Waals surface area (Å²) in [6.07, 6.45) is 1.59. The molecule has 0 saturated carbocycles. The number of benzene rings is 1. The number of amides is 1. The topological polar surface area (TPSA) is 71.3 Å². The molecule has 0 aliphatic carbocycles. The van der Waals surface area contributed by atoms with Gasteiger partial charge in [-0.3, -0.25) is 4.79 Å². The highest BCUT2D eigenvalue weighted by Crippen LogP contribution is 2.23. The second-order valence-electron chi connectivity index (χ2n) is 4.78. The minimum atomic E-state index is 0.201. The van der Waals surface area contributed by atoms with Crippen LogP contribution in [0.25, 0.3) is 0 Å². The third-order valence-corrected chi connectivity index (χ3v) is 3.27. The first-order valence-corrected chi connectivity index (χ1v) is 6.66. The summed E-state index contributed by atoms with van der Waals surface area (Å²) in [5.41, 5.74) is 1.91. The van der Waals surface area contributed by atoms with Crippen LogP contribution in [0.4, 0.5) is 11.4 Å². The van der Waals surface area contributed by atoms with E-state index in [0.717, 1.165) is 24.3 Å². The van der Waals surface area contributed by atoms with Crippen LogP contribution < -0.4 is 10.2 Å². The maximum absolute atomic E-state index is 11.7. The molecule has 104 valence electrons. The van der Waals surface area contributed by atoms with Crippen molar-refractivity contribution in [3.8, 4) is 0 Å². The molecule has 2 heterocycles. The van der Waals surface area contributed by atoms with E-state index in [1.165, 1.54) is 0 Å². The predicted octanol–water partition coefficient (Wildman–Crippen LogP) is 2.12. The molecular weight excluding hydrogens is 256 g/mol. The molecule has 6 heteroatoms. The Kier molecular flexibility index (Phi) is 3.37. The zero-order valence-electron chi connectivity index (χ0n) is 11.3. The molecule has 0 unspecified atom stereocenters. The molecule has 1 amide bonds. The summed E-state index contributed by atoms with van der Waals surface area (Å²) in [5, 5.41) is 6.94. The molecule has 0 bridgehead atoms. The van der Waals surface area contributed by atoms with E-state index in [0.29, 0.717) is 24.7 Å². The van der Waals surface area contributed by atoms with Crippen LogP contribution in [0.15, 0.2) is 28.8 Å². The minimum absolute atomic E-state index is 0.201. The first-order chi connectivity index (χ1) is 9.72. The average Bonchev–Trinajstić information content (AvgIpc) is 3.06. The Bertz CT molecular complexity index is 606. The predicted molar refractivity (Wildman–Crippen MR) is 74.4 cm³/mol. The van der Waals surface area contributed by atoms with Crippen molar-refractivity contribution >= 4 is 17.3 Å². The van der Waals surface area contributed by atoms with Crippen molar-refractivity contribution in [2.24, 2.45) is 0 Å². The van der Waals surface area contributed by atoms with Crippen molar-refractivity contribution in [1.82, 2.24) is 10.1 Å². The Morgan fingerprint density at radius 3 is 2.75 bits per heavy atom. The van der Waals surface area contributed by atoms with E-state index >= 15 is 0 Å². The number of carbonyl (C=O) groups is 1. The van der Waals surface area contributed by atoms with Crippen LogP contribution in [-0.2, 0) is 11.3 Å². The van der Waals surface area contributed by atoms with Crippen molar-refractivity contribution in [1.29, 1.82) is 0 Å². The lowest BCUT2D eigenvalue weighted by atomic mass is 10.2. The lowest BCUT2D eigenvalue weighted by molar-refractivity contribution is -0.117. The number of nitrogens with one attached hydrogen (secondary N) is 1. The van der Waals surface area contributed by atoms with Gasteiger partial charge in [0.25, 0.3) is 0 Å². The van der Waals surface area contributed by atoms with E-state index in [1.54, 1.807) is 6.92 Å². The molecule has 0 radical (unpaired) electrons. The molecule has 1 aliphatic rings. The fourth-order valence-electron chi connectivity index (χ4n) is 2.27. The number of aryl methyl sites for hydroxylation is 1. The summed E-state index contributed by atoms with van der Waals surface area (Å²) in [6.45, 7) is 3.09. The quantitative estimate of drug-likeness (QED) is 0.923. The molecule has 1 aromatic carbocycles. The van der Waals surface area contributed by atoms with E-state index < -0.39 is 0 Å². The van der Waals surface area contributed by atoms with Crippen LogP contribution in [0.2, 0.25) is 0 Å². The standard InChI is InChI=1S/C14H16N4O2/c1-10-16-13(20-17-10)9-15-11-4-6-12(7-5-11)18-8-2-3-14(18)19/h4-7,15H,2-3,8-9H2,1H3. The Morgan fingerprint density at radius 2 is 2.15 bits per heavy atom. The zero-order chi connectivity index (χ0) is 13.9. The van der Waals surface area contributed by atoms with Crippen molar-refractivity contribution in [2.75, 3.05) is 16.8 Å². The fourth-order valence-corrected chi connectivity index (χ4v) is 2.27. The SMILES string of the molecule is Cc1noc(CNc2ccc(N3CCCC3=O)cc2)n1. The molecule has 1 aliphatic heterocycles. The average molecular weight is 272 g/mol. The smallest absolute Gasteiger partial charge is 0.245 e. The van der Waals surface area contributed by atoms with Crippen molar-refractivity contribution < 1.29 is 9.32 Å². The number of hydrogen-bond acceptors (Lipinski definition) is 5. The monoisotopic (exact) mass is 272 g/mol. The summed E-state index contributed by atoms with van der Waals surface area (Å²) in [4.78, 5) is 17.6. The van der Waals surface area contributed by atoms with Crippen LogP contribution in [0.3, 0.4) is 0 Å². The molecule has 0 spiro atoms. The summed E-state index contributed by atoms with van der Waals surface area (Å²) in [6, 6.07) is 7.80. The number of carbonyl (C=O) groups excluding carboxylic acids is 1. The summed E-state index contributed by atoms with van der Waals surface area (Å²) in [7, 11) is 0. The van der Waals surface area contributed by atoms with Gasteiger partial charge in [0.15, 0.2) is 5.82 Å². The lowest BCUT2D eigenvalue weighted by Crippen LogP contribution is -2.23. The maximum Gasteiger partial charge on any atom is 0.245 e. The summed E-state index contributed by atoms with van der Waals surface area (Å²) >= 11 is 0. The van der Waals surface area contributed by atoms with Gasteiger partial charge in [-0.15, -0.1) is 0 Å². The molecule has 1 saturated heterocycles. The van der Waals surface area contributed by atoms with Gasteiger partial charge >= 0.3 is 0 Å². The third kappa shape index (κ3) is 2.64. The molecule has 2 aromatic rings. The highest BCUT2D eigenvalue weighted by molar-refractivity contribution is 5.95. The normalized spacial score (nSPS) is 14.8. The van der Waals surface area contributed by atoms with Crippen molar-refractivity contribution in [3.05, 3.63) is 36.0 Å². The van der Waals surface area contributed by atoms with Crippen LogP contribution in [0.5, 0.6) is 0 Å². The van der Waals surface area contributed by atoms with Crippen LogP contribution in [0.1, 0.15) is 24.6 Å². The highest BCUT2D eigenvalue weighted by Gasteiger charge is 2.21. The number of anilines is 2. The molecule has 20 heavy (non-hydrogen) atoms. The zero-order valence-corrected chi connectivity index (χ0v) is 11.3. The van der Waals surface area contributed by atoms with Gasteiger partial charge in [-0.2, -0.15) is 4.98 Å². The molecule has 1 aromatic heterocycles. The van der Waals surface area contributed by atoms with Crippen LogP contribution in [-0.4, -0.2) is 22.6 Å². The number of aromatic nitrogens is 2. The van der Waals surface area contributed by atoms with Gasteiger partial charge in [-0.25, -0.2) is 0 Å². The minimum Gasteiger partial charge on any atom is -0.376 e. The van der Waals surface area contributed by atoms with Gasteiger partial charge in [-0.05, 0) is 37.6 Å². The molecule has 1 N–H and O–H groups in total. The Labute approximate surface area is 116 Å². The first-order valence-electron chi connectivity index (χ1n) is 6.66. The van der Waals surface area contributed by atoms with E-state index in [-0.39, 0.29) is 5.91 Å². The number of nitrogens with zero attached hydrogens (tertiary/aromatic N) is 3. The van der Waals surface area contributed by atoms with E-state index in [4.69, 9.17) is 4.52 Å². The van der Waals surface area contributed by atoms with Crippen LogP contribution in [0, 0.1) is 6.92 Å². The first kappa shape index (κ1) is 12.7. The molecule has 1 fully saturated rings. The van der Waals surface area contributed by atoms with Gasteiger partial charge in [0.05, 0.1) is 6.54 Å². The summed E-state index contributed by atoms with van der Waals surface area (Å²) in [5.74, 6) is 1.39. The highest BCUT2D eigenvalue weighted by atomic mass is 16.5. The van der Waals surface area contributed by atoms with Crippen molar-refractivity contribution in [3.63, 3.8) is 0 Å². The molecule has 6 nitrogen and oxygen atoms in total. The molecule has 0 atom stereocenters. The van der Waals surface area contributed by atoms with E-state index in [1.807, 2.05) is 29.2 Å². The number of rotatable bonds is 4. The largest absolute Gasteiger partial charge is 0.376 e. The van der Waals surface area contributed by atoms with Gasteiger partial charge in [0, 0.05) is 24.3 Å². The van der Waals surface area contributed by atoms with E-state index in [2.05, 4.69) is 15.5 Å². The molecule has 3 rings (SSSR count). The van der Waals surface area contributed by atoms with Gasteiger partial charge in [0.2, 0.25) is 11.8 Å². The van der Waals surface area contributed by atoms with Gasteiger partial charge in [0.1, 0.15) is 0 Å². The van der Waals surface area contributed by atoms with Gasteiger partial charge in [-0.1, -0.05) is 5.16 Å².